The molecule has 0 aromatic carbocycles. The molecule has 0 saturated heterocycles. The Hall–Kier alpha value is -0.580. The molecule has 0 spiro atoms. The third-order valence-electron chi connectivity index (χ3n) is 3.70. The summed E-state index contributed by atoms with van der Waals surface area (Å²) in [5.41, 5.74) is 6.57. The van der Waals surface area contributed by atoms with Gasteiger partial charge in [0.15, 0.2) is 0 Å². The first-order chi connectivity index (χ1) is 8.56. The fourth-order valence-corrected chi connectivity index (χ4v) is 3.53. The summed E-state index contributed by atoms with van der Waals surface area (Å²) in [5.74, 6) is -0.0694. The van der Waals surface area contributed by atoms with Crippen LogP contribution < -0.4 is 11.1 Å². The molecule has 1 aliphatic carbocycles. The van der Waals surface area contributed by atoms with Gasteiger partial charge in [0.25, 0.3) is 0 Å². The molecule has 1 heterocycles. The Morgan fingerprint density at radius 1 is 1.50 bits per heavy atom. The zero-order valence-electron chi connectivity index (χ0n) is 10.5. The minimum Gasteiger partial charge on any atom is -0.369 e. The second-order valence-corrected chi connectivity index (χ2v) is 6.57. The summed E-state index contributed by atoms with van der Waals surface area (Å²) in [6.07, 6.45) is 3.86. The van der Waals surface area contributed by atoms with Crippen LogP contribution in [0.15, 0.2) is 11.4 Å². The van der Waals surface area contributed by atoms with Crippen LogP contribution in [0.4, 0.5) is 0 Å². The van der Waals surface area contributed by atoms with E-state index in [1.165, 1.54) is 5.56 Å². The van der Waals surface area contributed by atoms with Crippen molar-refractivity contribution in [2.75, 3.05) is 0 Å². The van der Waals surface area contributed by atoms with Gasteiger partial charge in [0, 0.05) is 18.0 Å². The van der Waals surface area contributed by atoms with Crippen molar-refractivity contribution >= 4 is 28.8 Å². The van der Waals surface area contributed by atoms with E-state index in [1.807, 2.05) is 6.07 Å². The first kappa shape index (κ1) is 13.8. The van der Waals surface area contributed by atoms with E-state index >= 15 is 0 Å². The predicted molar refractivity (Wildman–Crippen MR) is 75.8 cm³/mol. The number of thiophene rings is 1. The maximum atomic E-state index is 11.1. The molecule has 0 aliphatic heterocycles. The number of carbonyl (C=O) groups excluding carboxylic acids is 1. The number of rotatable bonds is 4. The van der Waals surface area contributed by atoms with Gasteiger partial charge in [-0.05, 0) is 49.6 Å². The highest BCUT2D eigenvalue weighted by molar-refractivity contribution is 7.14. The average molecular weight is 287 g/mol. The van der Waals surface area contributed by atoms with E-state index in [0.29, 0.717) is 12.1 Å². The van der Waals surface area contributed by atoms with Crippen LogP contribution in [-0.2, 0) is 4.79 Å². The molecule has 1 unspecified atom stereocenters. The molecule has 1 aliphatic rings. The zero-order chi connectivity index (χ0) is 13.1. The molecular weight excluding hydrogens is 268 g/mol. The number of nitrogens with two attached hydrogens (primary N) is 1. The zero-order valence-corrected chi connectivity index (χ0v) is 12.1. The Morgan fingerprint density at radius 3 is 2.67 bits per heavy atom. The van der Waals surface area contributed by atoms with Gasteiger partial charge in [-0.3, -0.25) is 4.79 Å². The fourth-order valence-electron chi connectivity index (χ4n) is 2.54. The molecule has 1 fully saturated rings. The van der Waals surface area contributed by atoms with Crippen LogP contribution in [0.5, 0.6) is 0 Å². The lowest BCUT2D eigenvalue weighted by Crippen LogP contribution is -2.37. The normalized spacial score (nSPS) is 25.9. The van der Waals surface area contributed by atoms with Crippen LogP contribution in [-0.4, -0.2) is 11.9 Å². The molecule has 5 heteroatoms. The van der Waals surface area contributed by atoms with Crippen LogP contribution in [0.3, 0.4) is 0 Å². The Labute approximate surface area is 117 Å². The standard InChI is InChI=1S/C13H19ClN2OS/c1-8(10-6-12(14)18-7-10)16-11-4-2-9(3-5-11)13(15)17/h6-9,11,16H,2-5H2,1H3,(H2,15,17). The van der Waals surface area contributed by atoms with E-state index in [9.17, 15) is 4.79 Å². The van der Waals surface area contributed by atoms with Gasteiger partial charge < -0.3 is 11.1 Å². The van der Waals surface area contributed by atoms with Crippen LogP contribution in [0, 0.1) is 5.92 Å². The summed E-state index contributed by atoms with van der Waals surface area (Å²) in [6, 6.07) is 2.80. The lowest BCUT2D eigenvalue weighted by Gasteiger charge is -2.29. The Kier molecular flexibility index (Phi) is 4.65. The van der Waals surface area contributed by atoms with Gasteiger partial charge in [-0.1, -0.05) is 11.6 Å². The van der Waals surface area contributed by atoms with Crippen molar-refractivity contribution in [2.45, 2.75) is 44.7 Å². The highest BCUT2D eigenvalue weighted by Gasteiger charge is 2.25. The van der Waals surface area contributed by atoms with Crippen molar-refractivity contribution < 1.29 is 4.79 Å². The maximum Gasteiger partial charge on any atom is 0.220 e. The van der Waals surface area contributed by atoms with Crippen LogP contribution in [0.25, 0.3) is 0 Å². The van der Waals surface area contributed by atoms with Crippen molar-refractivity contribution in [3.8, 4) is 0 Å². The molecule has 1 aromatic heterocycles. The molecule has 3 nitrogen and oxygen atoms in total. The Morgan fingerprint density at radius 2 is 2.17 bits per heavy atom. The van der Waals surface area contributed by atoms with E-state index in [0.717, 1.165) is 30.0 Å². The molecule has 18 heavy (non-hydrogen) atoms. The monoisotopic (exact) mass is 286 g/mol. The minimum atomic E-state index is -0.147. The quantitative estimate of drug-likeness (QED) is 0.894. The summed E-state index contributed by atoms with van der Waals surface area (Å²) >= 11 is 7.50. The molecule has 0 bridgehead atoms. The molecule has 3 N–H and O–H groups in total. The van der Waals surface area contributed by atoms with Crippen molar-refractivity contribution in [3.05, 3.63) is 21.3 Å². The predicted octanol–water partition coefficient (Wildman–Crippen LogP) is 3.10. The first-order valence-corrected chi connectivity index (χ1v) is 7.61. The van der Waals surface area contributed by atoms with Gasteiger partial charge in [0.1, 0.15) is 0 Å². The summed E-state index contributed by atoms with van der Waals surface area (Å²) in [6.45, 7) is 2.15. The van der Waals surface area contributed by atoms with Gasteiger partial charge >= 0.3 is 0 Å². The number of hydrogen-bond acceptors (Lipinski definition) is 3. The van der Waals surface area contributed by atoms with Crippen LogP contribution in [0.1, 0.15) is 44.2 Å². The van der Waals surface area contributed by atoms with E-state index in [-0.39, 0.29) is 11.8 Å². The lowest BCUT2D eigenvalue weighted by atomic mass is 9.85. The number of hydrogen-bond donors (Lipinski definition) is 2. The third kappa shape index (κ3) is 3.46. The number of primary amides is 1. The number of halogens is 1. The summed E-state index contributed by atoms with van der Waals surface area (Å²) in [7, 11) is 0. The fraction of sp³-hybridized carbons (Fsp3) is 0.615. The topological polar surface area (TPSA) is 55.1 Å². The minimum absolute atomic E-state index is 0.0777. The lowest BCUT2D eigenvalue weighted by molar-refractivity contribution is -0.122. The summed E-state index contributed by atoms with van der Waals surface area (Å²) in [4.78, 5) is 11.1. The van der Waals surface area contributed by atoms with E-state index in [2.05, 4.69) is 17.6 Å². The van der Waals surface area contributed by atoms with Gasteiger partial charge in [-0.25, -0.2) is 0 Å². The molecular formula is C13H19ClN2OS. The van der Waals surface area contributed by atoms with Gasteiger partial charge in [-0.15, -0.1) is 11.3 Å². The molecule has 1 atom stereocenters. The largest absolute Gasteiger partial charge is 0.369 e. The van der Waals surface area contributed by atoms with Crippen molar-refractivity contribution in [2.24, 2.45) is 11.7 Å². The molecule has 100 valence electrons. The number of nitrogens with one attached hydrogen (secondary N) is 1. The molecule has 1 amide bonds. The van der Waals surface area contributed by atoms with Gasteiger partial charge in [0.05, 0.1) is 4.34 Å². The van der Waals surface area contributed by atoms with E-state index in [4.69, 9.17) is 17.3 Å². The van der Waals surface area contributed by atoms with Gasteiger partial charge in [0.2, 0.25) is 5.91 Å². The second kappa shape index (κ2) is 6.04. The molecule has 1 saturated carbocycles. The molecule has 1 aromatic rings. The van der Waals surface area contributed by atoms with Crippen LogP contribution in [0.2, 0.25) is 4.34 Å². The van der Waals surface area contributed by atoms with E-state index < -0.39 is 0 Å². The Balaban J connectivity index is 1.83. The average Bonchev–Trinajstić information content (AvgIpc) is 2.76. The van der Waals surface area contributed by atoms with Crippen LogP contribution >= 0.6 is 22.9 Å². The number of carbonyl (C=O) groups is 1. The van der Waals surface area contributed by atoms with Crippen molar-refractivity contribution in [1.82, 2.24) is 5.32 Å². The van der Waals surface area contributed by atoms with Gasteiger partial charge in [-0.2, -0.15) is 0 Å². The first-order valence-electron chi connectivity index (χ1n) is 6.35. The van der Waals surface area contributed by atoms with Crippen molar-refractivity contribution in [1.29, 1.82) is 0 Å². The maximum absolute atomic E-state index is 11.1. The highest BCUT2D eigenvalue weighted by Crippen LogP contribution is 2.28. The smallest absolute Gasteiger partial charge is 0.220 e. The van der Waals surface area contributed by atoms with E-state index in [1.54, 1.807) is 11.3 Å². The third-order valence-corrected chi connectivity index (χ3v) is 4.81. The number of amides is 1. The summed E-state index contributed by atoms with van der Waals surface area (Å²) in [5, 5.41) is 5.70. The summed E-state index contributed by atoms with van der Waals surface area (Å²) < 4.78 is 0.830. The molecule has 2 rings (SSSR count). The Bertz CT molecular complexity index is 413. The SMILES string of the molecule is CC(NC1CCC(C(N)=O)CC1)c1csc(Cl)c1. The van der Waals surface area contributed by atoms with Crippen molar-refractivity contribution in [3.63, 3.8) is 0 Å². The second-order valence-electron chi connectivity index (χ2n) is 5.02. The highest BCUT2D eigenvalue weighted by atomic mass is 35.5. The molecule has 0 radical (unpaired) electrons.